The van der Waals surface area contributed by atoms with Gasteiger partial charge in [0.2, 0.25) is 5.89 Å². The summed E-state index contributed by atoms with van der Waals surface area (Å²) >= 11 is 7.45. The molecule has 2 aromatic rings. The van der Waals surface area contributed by atoms with Gasteiger partial charge in [-0.25, -0.2) is 0 Å². The molecule has 0 amide bonds. The first kappa shape index (κ1) is 15.4. The lowest BCUT2D eigenvalue weighted by molar-refractivity contribution is 0.0570. The Labute approximate surface area is 127 Å². The summed E-state index contributed by atoms with van der Waals surface area (Å²) in [7, 11) is 0. The molecule has 0 aliphatic rings. The van der Waals surface area contributed by atoms with E-state index in [9.17, 15) is 5.11 Å². The zero-order valence-electron chi connectivity index (χ0n) is 11.5. The van der Waals surface area contributed by atoms with Crippen LogP contribution in [0.2, 0.25) is 5.02 Å². The molecule has 0 saturated heterocycles. The first-order valence-corrected chi connectivity index (χ1v) is 7.88. The number of rotatable bonds is 6. The van der Waals surface area contributed by atoms with Gasteiger partial charge in [0.25, 0.3) is 5.22 Å². The lowest BCUT2D eigenvalue weighted by atomic mass is 10.0. The van der Waals surface area contributed by atoms with Crippen LogP contribution in [0.1, 0.15) is 26.7 Å². The van der Waals surface area contributed by atoms with Crippen LogP contribution in [0, 0.1) is 0 Å². The predicted molar refractivity (Wildman–Crippen MR) is 81.0 cm³/mol. The quantitative estimate of drug-likeness (QED) is 0.816. The third-order valence-electron chi connectivity index (χ3n) is 3.29. The Balaban J connectivity index is 2.09. The third kappa shape index (κ3) is 3.53. The molecule has 0 aliphatic heterocycles. The number of hydrogen-bond acceptors (Lipinski definition) is 5. The van der Waals surface area contributed by atoms with Crippen LogP contribution in [0.5, 0.6) is 0 Å². The fourth-order valence-electron chi connectivity index (χ4n) is 1.66. The van der Waals surface area contributed by atoms with Gasteiger partial charge in [-0.05, 0) is 25.0 Å². The van der Waals surface area contributed by atoms with Crippen molar-refractivity contribution in [2.75, 3.05) is 5.75 Å². The zero-order valence-corrected chi connectivity index (χ0v) is 13.0. The molecule has 0 bridgehead atoms. The van der Waals surface area contributed by atoms with Gasteiger partial charge in [-0.3, -0.25) is 0 Å². The minimum absolute atomic E-state index is 0.398. The average Bonchev–Trinajstić information content (AvgIpc) is 2.94. The zero-order chi connectivity index (χ0) is 14.6. The number of nitrogens with zero attached hydrogens (tertiary/aromatic N) is 2. The Bertz CT molecular complexity index is 570. The molecular weight excluding hydrogens is 296 g/mol. The van der Waals surface area contributed by atoms with E-state index in [1.165, 1.54) is 11.8 Å². The molecule has 0 spiro atoms. The molecule has 4 nitrogen and oxygen atoms in total. The summed E-state index contributed by atoms with van der Waals surface area (Å²) in [5, 5.41) is 19.2. The van der Waals surface area contributed by atoms with Gasteiger partial charge in [0, 0.05) is 5.75 Å². The van der Waals surface area contributed by atoms with Gasteiger partial charge in [0.15, 0.2) is 0 Å². The van der Waals surface area contributed by atoms with E-state index in [1.54, 1.807) is 6.07 Å². The number of thioether (sulfide) groups is 1. The second-order valence-electron chi connectivity index (χ2n) is 4.57. The fraction of sp³-hybridized carbons (Fsp3) is 0.429. The summed E-state index contributed by atoms with van der Waals surface area (Å²) in [6.45, 7) is 3.93. The number of halogens is 1. The van der Waals surface area contributed by atoms with E-state index in [1.807, 2.05) is 32.0 Å². The highest BCUT2D eigenvalue weighted by molar-refractivity contribution is 7.99. The van der Waals surface area contributed by atoms with Gasteiger partial charge < -0.3 is 9.52 Å². The molecule has 20 heavy (non-hydrogen) atoms. The topological polar surface area (TPSA) is 59.2 Å². The van der Waals surface area contributed by atoms with Gasteiger partial charge in [-0.1, -0.05) is 49.3 Å². The Hall–Kier alpha value is -1.04. The molecule has 6 heteroatoms. The van der Waals surface area contributed by atoms with E-state index in [2.05, 4.69) is 10.2 Å². The van der Waals surface area contributed by atoms with Crippen LogP contribution >= 0.6 is 23.4 Å². The maximum atomic E-state index is 10.2. The van der Waals surface area contributed by atoms with Gasteiger partial charge in [0.05, 0.1) is 16.2 Å². The number of aliphatic hydroxyl groups is 1. The van der Waals surface area contributed by atoms with Crippen molar-refractivity contribution >= 4 is 23.4 Å². The number of hydrogen-bond donors (Lipinski definition) is 1. The summed E-state index contributed by atoms with van der Waals surface area (Å²) in [6, 6.07) is 7.32. The monoisotopic (exact) mass is 312 g/mol. The van der Waals surface area contributed by atoms with Crippen molar-refractivity contribution in [2.45, 2.75) is 37.5 Å². The number of benzene rings is 1. The minimum Gasteiger partial charge on any atom is -0.411 e. The van der Waals surface area contributed by atoms with Crippen LogP contribution in [-0.2, 0) is 0 Å². The Morgan fingerprint density at radius 2 is 1.95 bits per heavy atom. The third-order valence-corrected chi connectivity index (χ3v) is 4.71. The van der Waals surface area contributed by atoms with Gasteiger partial charge in [0.1, 0.15) is 0 Å². The second kappa shape index (κ2) is 6.61. The van der Waals surface area contributed by atoms with Gasteiger partial charge in [-0.15, -0.1) is 10.2 Å². The predicted octanol–water partition coefficient (Wildman–Crippen LogP) is 4.03. The van der Waals surface area contributed by atoms with Crippen molar-refractivity contribution in [2.24, 2.45) is 0 Å². The van der Waals surface area contributed by atoms with Crippen LogP contribution in [0.25, 0.3) is 11.5 Å². The lowest BCUT2D eigenvalue weighted by Gasteiger charge is -2.23. The molecule has 1 aromatic heterocycles. The first-order valence-electron chi connectivity index (χ1n) is 6.51. The molecule has 0 atom stereocenters. The summed E-state index contributed by atoms with van der Waals surface area (Å²) in [6.07, 6.45) is 1.39. The van der Waals surface area contributed by atoms with Crippen LogP contribution in [0.4, 0.5) is 0 Å². The molecule has 0 aliphatic carbocycles. The van der Waals surface area contributed by atoms with E-state index in [4.69, 9.17) is 16.0 Å². The van der Waals surface area contributed by atoms with Crippen molar-refractivity contribution in [1.82, 2.24) is 10.2 Å². The maximum absolute atomic E-state index is 10.2. The average molecular weight is 313 g/mol. The van der Waals surface area contributed by atoms with Crippen LogP contribution in [-0.4, -0.2) is 26.7 Å². The summed E-state index contributed by atoms with van der Waals surface area (Å²) < 4.78 is 5.58. The van der Waals surface area contributed by atoms with E-state index in [0.717, 1.165) is 5.56 Å². The summed E-state index contributed by atoms with van der Waals surface area (Å²) in [5.41, 5.74) is 0.0266. The van der Waals surface area contributed by atoms with Crippen molar-refractivity contribution in [1.29, 1.82) is 0 Å². The van der Waals surface area contributed by atoms with E-state index in [-0.39, 0.29) is 0 Å². The highest BCUT2D eigenvalue weighted by atomic mass is 35.5. The smallest absolute Gasteiger partial charge is 0.276 e. The van der Waals surface area contributed by atoms with E-state index >= 15 is 0 Å². The Morgan fingerprint density at radius 3 is 2.60 bits per heavy atom. The maximum Gasteiger partial charge on any atom is 0.276 e. The molecule has 0 fully saturated rings. The molecule has 2 rings (SSSR count). The van der Waals surface area contributed by atoms with Crippen molar-refractivity contribution in [3.63, 3.8) is 0 Å². The summed E-state index contributed by atoms with van der Waals surface area (Å²) in [5.74, 6) is 0.930. The lowest BCUT2D eigenvalue weighted by Crippen LogP contribution is -2.29. The van der Waals surface area contributed by atoms with Gasteiger partial charge >= 0.3 is 0 Å². The molecule has 1 aromatic carbocycles. The van der Waals surface area contributed by atoms with E-state index < -0.39 is 5.60 Å². The molecular formula is C14H17ClN2O2S. The normalized spacial score (nSPS) is 11.8. The molecule has 1 N–H and O–H groups in total. The standard InChI is InChI=1S/C14H17ClN2O2S/c1-3-14(18,4-2)9-20-13-17-16-12(19-13)10-7-5-6-8-11(10)15/h5-8,18H,3-4,9H2,1-2H3. The number of aromatic nitrogens is 2. The van der Waals surface area contributed by atoms with Crippen molar-refractivity contribution in [3.05, 3.63) is 29.3 Å². The highest BCUT2D eigenvalue weighted by Crippen LogP contribution is 2.30. The van der Waals surface area contributed by atoms with Crippen molar-refractivity contribution in [3.8, 4) is 11.5 Å². The largest absolute Gasteiger partial charge is 0.411 e. The van der Waals surface area contributed by atoms with Crippen LogP contribution in [0.15, 0.2) is 33.9 Å². The van der Waals surface area contributed by atoms with E-state index in [0.29, 0.717) is 34.7 Å². The Kier molecular flexibility index (Phi) is 5.07. The SMILES string of the molecule is CCC(O)(CC)CSc1nnc(-c2ccccc2Cl)o1. The Morgan fingerprint density at radius 1 is 1.25 bits per heavy atom. The first-order chi connectivity index (χ1) is 9.58. The van der Waals surface area contributed by atoms with Crippen LogP contribution in [0.3, 0.4) is 0 Å². The molecule has 0 saturated carbocycles. The van der Waals surface area contributed by atoms with Crippen LogP contribution < -0.4 is 0 Å². The van der Waals surface area contributed by atoms with Crippen molar-refractivity contribution < 1.29 is 9.52 Å². The minimum atomic E-state index is -0.691. The second-order valence-corrected chi connectivity index (χ2v) is 5.91. The summed E-state index contributed by atoms with van der Waals surface area (Å²) in [4.78, 5) is 0. The molecule has 0 unspecified atom stereocenters. The highest BCUT2D eigenvalue weighted by Gasteiger charge is 2.24. The fourth-order valence-corrected chi connectivity index (χ4v) is 2.92. The molecule has 1 heterocycles. The molecule has 0 radical (unpaired) electrons. The van der Waals surface area contributed by atoms with Gasteiger partial charge in [-0.2, -0.15) is 0 Å². The molecule has 108 valence electrons.